The first-order chi connectivity index (χ1) is 18.1. The minimum absolute atomic E-state index is 0.0471. The second kappa shape index (κ2) is 24.9. The number of nitrogens with one attached hydrogen (secondary N) is 1. The molecule has 1 unspecified atom stereocenters. The number of anilines is 1. The highest BCUT2D eigenvalue weighted by Gasteiger charge is 2.31. The van der Waals surface area contributed by atoms with Gasteiger partial charge < -0.3 is 20.6 Å². The Morgan fingerprint density at radius 1 is 1.05 bits per heavy atom. The number of carbonyl (C=O) groups is 1. The van der Waals surface area contributed by atoms with Gasteiger partial charge in [-0.2, -0.15) is 13.2 Å². The number of alkyl halides is 4. The van der Waals surface area contributed by atoms with E-state index in [2.05, 4.69) is 35.9 Å². The number of halogens is 4. The zero-order chi connectivity index (χ0) is 30.1. The Hall–Kier alpha value is -2.39. The first kappa shape index (κ1) is 40.1. The van der Waals surface area contributed by atoms with Gasteiger partial charge in [0, 0.05) is 30.2 Å². The predicted octanol–water partition coefficient (Wildman–Crippen LogP) is 8.36. The quantitative estimate of drug-likeness (QED) is 0.0666. The molecule has 0 spiro atoms. The van der Waals surface area contributed by atoms with Crippen LogP contribution in [0.25, 0.3) is 0 Å². The number of nitrogens with zero attached hydrogens (tertiary/aromatic N) is 2. The Kier molecular flexibility index (Phi) is 26.3. The molecule has 1 aromatic carbocycles. The van der Waals surface area contributed by atoms with Crippen LogP contribution in [0.4, 0.5) is 18.9 Å². The van der Waals surface area contributed by atoms with Crippen molar-refractivity contribution in [3.8, 4) is 0 Å². The van der Waals surface area contributed by atoms with Crippen molar-refractivity contribution < 1.29 is 22.7 Å². The summed E-state index contributed by atoms with van der Waals surface area (Å²) in [7, 11) is 0. The Bertz CT molecular complexity index is 812. The fourth-order valence-corrected chi connectivity index (χ4v) is 3.38. The number of hydrogen-bond donors (Lipinski definition) is 2. The van der Waals surface area contributed by atoms with Crippen molar-refractivity contribution in [1.82, 2.24) is 5.32 Å². The molecule has 0 heterocycles. The van der Waals surface area contributed by atoms with E-state index in [1.165, 1.54) is 6.07 Å². The Balaban J connectivity index is -0.000000946. The first-order valence-corrected chi connectivity index (χ1v) is 13.6. The van der Waals surface area contributed by atoms with Gasteiger partial charge >= 0.3 is 6.18 Å². The molecule has 3 N–H and O–H groups in total. The van der Waals surface area contributed by atoms with Crippen LogP contribution in [0.1, 0.15) is 97.7 Å². The number of aliphatic imine (C=N–C) groups is 2. The normalized spacial score (nSPS) is 12.3. The zero-order valence-corrected chi connectivity index (χ0v) is 24.9. The van der Waals surface area contributed by atoms with Crippen molar-refractivity contribution >= 4 is 36.6 Å². The predicted molar refractivity (Wildman–Crippen MR) is 157 cm³/mol. The molecular formula is C28H48ClF3N4O2. The molecule has 38 heavy (non-hydrogen) atoms. The van der Waals surface area contributed by atoms with Gasteiger partial charge in [-0.05, 0) is 62.6 Å². The fraction of sp³-hybridized carbons (Fsp3) is 0.607. The molecule has 0 radical (unpaired) electrons. The monoisotopic (exact) mass is 564 g/mol. The van der Waals surface area contributed by atoms with E-state index in [1.54, 1.807) is 0 Å². The minimum atomic E-state index is -4.47. The third kappa shape index (κ3) is 16.5. The maximum atomic E-state index is 13.1. The largest absolute Gasteiger partial charge is 0.416 e. The summed E-state index contributed by atoms with van der Waals surface area (Å²) >= 11 is 5.78. The van der Waals surface area contributed by atoms with Gasteiger partial charge in [-0.25, -0.2) is 4.99 Å². The molecule has 1 atom stereocenters. The number of benzene rings is 1. The summed E-state index contributed by atoms with van der Waals surface area (Å²) in [6.45, 7) is 21.4. The first-order valence-electron chi connectivity index (χ1n) is 13.0. The lowest BCUT2D eigenvalue weighted by Gasteiger charge is -2.18. The lowest BCUT2D eigenvalue weighted by molar-refractivity contribution is -0.137. The highest BCUT2D eigenvalue weighted by atomic mass is 35.5. The molecule has 0 saturated carbocycles. The van der Waals surface area contributed by atoms with Gasteiger partial charge in [0.15, 0.2) is 5.84 Å². The average molecular weight is 565 g/mol. The Labute approximate surface area is 233 Å². The SMILES string of the molecule is C=NC(=NC(CC)c1cc(N)cc(C(F)(F)F)c1)/C(CC)=C(/CC)NCCl.C=O.CC.CCCOCCC. The maximum absolute atomic E-state index is 13.1. The number of ether oxygens (including phenoxy) is 1. The molecule has 0 fully saturated rings. The van der Waals surface area contributed by atoms with E-state index in [0.29, 0.717) is 30.7 Å². The van der Waals surface area contributed by atoms with E-state index in [9.17, 15) is 13.2 Å². The molecular weight excluding hydrogens is 517 g/mol. The van der Waals surface area contributed by atoms with Gasteiger partial charge in [0.2, 0.25) is 0 Å². The van der Waals surface area contributed by atoms with Gasteiger partial charge in [-0.15, -0.1) is 11.6 Å². The number of carbonyl (C=O) groups excluding carboxylic acids is 1. The molecule has 0 aliphatic rings. The van der Waals surface area contributed by atoms with Gasteiger partial charge in [-0.1, -0.05) is 48.5 Å². The van der Waals surface area contributed by atoms with Crippen molar-refractivity contribution in [2.24, 2.45) is 9.98 Å². The van der Waals surface area contributed by atoms with Crippen molar-refractivity contribution in [2.75, 3.05) is 25.0 Å². The van der Waals surface area contributed by atoms with E-state index in [-0.39, 0.29) is 11.7 Å². The molecule has 0 aliphatic carbocycles. The van der Waals surface area contributed by atoms with Crippen LogP contribution >= 0.6 is 11.6 Å². The molecule has 10 heteroatoms. The fourth-order valence-electron chi connectivity index (χ4n) is 3.22. The summed E-state index contributed by atoms with van der Waals surface area (Å²) in [5.74, 6) is 0.398. The highest BCUT2D eigenvalue weighted by molar-refractivity contribution is 6.17. The summed E-state index contributed by atoms with van der Waals surface area (Å²) in [6, 6.07) is 3.23. The smallest absolute Gasteiger partial charge is 0.399 e. The third-order valence-electron chi connectivity index (χ3n) is 4.82. The standard InChI is InChI=1S/C19H26ClF3N4.C6H14O.C2H6.CH2O/c1-5-15(17(7-3)26-11-20)18(25-4)27-16(6-2)12-8-13(19(21,22)23)10-14(24)9-12;1-3-5-7-6-4-2;2*1-2/h8-10,16,26H,4-7,11,24H2,1-3H3;3-6H2,1-2H3;1-2H3;1H2/b17-15-,27-18?;;;. The van der Waals surface area contributed by atoms with Crippen LogP contribution in [0.2, 0.25) is 0 Å². The summed E-state index contributed by atoms with van der Waals surface area (Å²) in [6.07, 6.45) is -0.384. The molecule has 0 saturated heterocycles. The number of amidine groups is 1. The zero-order valence-electron chi connectivity index (χ0n) is 24.2. The summed E-state index contributed by atoms with van der Waals surface area (Å²) in [5.41, 5.74) is 7.07. The summed E-state index contributed by atoms with van der Waals surface area (Å²) in [5, 5.41) is 3.07. The molecule has 6 nitrogen and oxygen atoms in total. The second-order valence-electron chi connectivity index (χ2n) is 7.51. The molecule has 0 aliphatic heterocycles. The van der Waals surface area contributed by atoms with Crippen molar-refractivity contribution in [1.29, 1.82) is 0 Å². The van der Waals surface area contributed by atoms with Crippen LogP contribution in [0.3, 0.4) is 0 Å². The molecule has 1 rings (SSSR count). The van der Waals surface area contributed by atoms with Crippen molar-refractivity contribution in [3.05, 3.63) is 40.6 Å². The van der Waals surface area contributed by atoms with Crippen LogP contribution < -0.4 is 11.1 Å². The second-order valence-corrected chi connectivity index (χ2v) is 7.78. The van der Waals surface area contributed by atoms with Gasteiger partial charge in [0.25, 0.3) is 0 Å². The molecule has 0 bridgehead atoms. The van der Waals surface area contributed by atoms with Crippen LogP contribution in [0.5, 0.6) is 0 Å². The van der Waals surface area contributed by atoms with Crippen molar-refractivity contribution in [3.63, 3.8) is 0 Å². The van der Waals surface area contributed by atoms with Crippen LogP contribution in [0, 0.1) is 0 Å². The van der Waals surface area contributed by atoms with E-state index >= 15 is 0 Å². The van der Waals surface area contributed by atoms with Gasteiger partial charge in [0.05, 0.1) is 17.6 Å². The average Bonchev–Trinajstić information content (AvgIpc) is 2.92. The highest BCUT2D eigenvalue weighted by Crippen LogP contribution is 2.34. The van der Waals surface area contributed by atoms with E-state index < -0.39 is 17.8 Å². The van der Waals surface area contributed by atoms with E-state index in [0.717, 1.165) is 49.5 Å². The Morgan fingerprint density at radius 3 is 1.97 bits per heavy atom. The lowest BCUT2D eigenvalue weighted by Crippen LogP contribution is -2.17. The molecule has 220 valence electrons. The number of rotatable bonds is 12. The number of hydrogen-bond acceptors (Lipinski definition) is 5. The molecule has 1 aromatic rings. The minimum Gasteiger partial charge on any atom is -0.399 e. The van der Waals surface area contributed by atoms with Gasteiger partial charge in [-0.3, -0.25) is 4.99 Å². The van der Waals surface area contributed by atoms with E-state index in [1.807, 2.05) is 41.4 Å². The summed E-state index contributed by atoms with van der Waals surface area (Å²) in [4.78, 5) is 16.6. The van der Waals surface area contributed by atoms with Crippen molar-refractivity contribution in [2.45, 2.75) is 92.8 Å². The van der Waals surface area contributed by atoms with Crippen LogP contribution in [0.15, 0.2) is 39.5 Å². The third-order valence-corrected chi connectivity index (χ3v) is 4.96. The number of nitrogens with two attached hydrogens (primary N) is 1. The maximum Gasteiger partial charge on any atom is 0.416 e. The lowest BCUT2D eigenvalue weighted by atomic mass is 10.0. The van der Waals surface area contributed by atoms with Crippen LogP contribution in [-0.4, -0.2) is 38.6 Å². The number of allylic oxidation sites excluding steroid dienone is 1. The summed E-state index contributed by atoms with van der Waals surface area (Å²) < 4.78 is 44.5. The molecule has 0 aromatic heterocycles. The molecule has 0 amide bonds. The van der Waals surface area contributed by atoms with Gasteiger partial charge in [0.1, 0.15) is 6.79 Å². The van der Waals surface area contributed by atoms with Crippen LogP contribution in [-0.2, 0) is 15.7 Å². The Morgan fingerprint density at radius 2 is 1.61 bits per heavy atom. The number of nitrogen functional groups attached to an aromatic ring is 1. The van der Waals surface area contributed by atoms with E-state index in [4.69, 9.17) is 26.9 Å². The topological polar surface area (TPSA) is 89.1 Å².